The topological polar surface area (TPSA) is 92.7 Å². The molecule has 4 aliphatic heterocycles. The second-order valence-electron chi connectivity index (χ2n) is 12.7. The number of ether oxygens (including phenoxy) is 5. The molecule has 9 nitrogen and oxygen atoms in total. The van der Waals surface area contributed by atoms with E-state index in [-0.39, 0.29) is 17.8 Å². The molecule has 6 bridgehead atoms. The number of hydrogen-bond acceptors (Lipinski definition) is 8. The van der Waals surface area contributed by atoms with Crippen molar-refractivity contribution in [3.05, 3.63) is 99.3 Å². The van der Waals surface area contributed by atoms with E-state index in [9.17, 15) is 10.3 Å². The van der Waals surface area contributed by atoms with Gasteiger partial charge in [0, 0.05) is 36.6 Å². The first-order valence-electron chi connectivity index (χ1n) is 15.7. The zero-order valence-electron chi connectivity index (χ0n) is 27.0. The van der Waals surface area contributed by atoms with Crippen LogP contribution >= 0.6 is 0 Å². The van der Waals surface area contributed by atoms with Gasteiger partial charge in [-0.3, -0.25) is 4.90 Å². The molecule has 0 spiro atoms. The Hall–Kier alpha value is -4.44. The Morgan fingerprint density at radius 3 is 2.24 bits per heavy atom. The lowest BCUT2D eigenvalue weighted by Gasteiger charge is -2.49. The summed E-state index contributed by atoms with van der Waals surface area (Å²) in [6.07, 6.45) is 2.55. The molecule has 0 aliphatic carbocycles. The molecule has 0 radical (unpaired) electrons. The van der Waals surface area contributed by atoms with Crippen LogP contribution < -0.4 is 23.7 Å². The van der Waals surface area contributed by atoms with Crippen molar-refractivity contribution in [3.8, 4) is 46.0 Å². The highest BCUT2D eigenvalue weighted by Crippen LogP contribution is 2.51. The van der Waals surface area contributed by atoms with Gasteiger partial charge in [-0.15, -0.1) is 0 Å². The summed E-state index contributed by atoms with van der Waals surface area (Å²) in [6.45, 7) is 1.28. The Labute approximate surface area is 269 Å². The normalized spacial score (nSPS) is 22.0. The maximum Gasteiger partial charge on any atom is 0.201 e. The molecule has 0 fully saturated rings. The molecule has 4 aliphatic rings. The van der Waals surface area contributed by atoms with Gasteiger partial charge in [0.2, 0.25) is 5.75 Å². The van der Waals surface area contributed by atoms with Crippen LogP contribution in [0.2, 0.25) is 0 Å². The van der Waals surface area contributed by atoms with Crippen LogP contribution in [0.4, 0.5) is 0 Å². The monoisotopic (exact) mass is 624 g/mol. The molecule has 46 heavy (non-hydrogen) atoms. The minimum Gasteiger partial charge on any atom is -0.633 e. The molecule has 3 atom stereocenters. The maximum absolute atomic E-state index is 14.0. The van der Waals surface area contributed by atoms with Gasteiger partial charge < -0.3 is 38.6 Å². The van der Waals surface area contributed by atoms with E-state index in [0.29, 0.717) is 66.1 Å². The third kappa shape index (κ3) is 5.28. The average Bonchev–Trinajstić information content (AvgIpc) is 3.05. The molecule has 0 unspecified atom stereocenters. The van der Waals surface area contributed by atoms with Crippen LogP contribution in [0.1, 0.15) is 45.5 Å². The van der Waals surface area contributed by atoms with E-state index in [4.69, 9.17) is 23.7 Å². The number of phenolic OH excluding ortho intramolecular Hbond substituents is 1. The molecule has 0 saturated heterocycles. The molecule has 0 saturated carbocycles. The number of rotatable bonds is 3. The summed E-state index contributed by atoms with van der Waals surface area (Å²) < 4.78 is 29.9. The van der Waals surface area contributed by atoms with Crippen LogP contribution in [0.15, 0.2) is 60.7 Å². The smallest absolute Gasteiger partial charge is 0.201 e. The third-order valence-electron chi connectivity index (χ3n) is 9.88. The van der Waals surface area contributed by atoms with Gasteiger partial charge in [-0.05, 0) is 84.6 Å². The molecule has 9 heteroatoms. The fourth-order valence-corrected chi connectivity index (χ4v) is 7.24. The highest BCUT2D eigenvalue weighted by atomic mass is 16.5. The van der Waals surface area contributed by atoms with Crippen molar-refractivity contribution in [1.29, 1.82) is 0 Å². The number of nitrogens with zero attached hydrogens (tertiary/aromatic N) is 2. The lowest BCUT2D eigenvalue weighted by molar-refractivity contribution is -0.894. The van der Waals surface area contributed by atoms with Crippen LogP contribution in [-0.2, 0) is 25.7 Å². The van der Waals surface area contributed by atoms with Gasteiger partial charge in [-0.25, -0.2) is 0 Å². The zero-order chi connectivity index (χ0) is 32.2. The van der Waals surface area contributed by atoms with E-state index in [1.807, 2.05) is 60.7 Å². The average molecular weight is 625 g/mol. The van der Waals surface area contributed by atoms with E-state index in [2.05, 4.69) is 11.9 Å². The van der Waals surface area contributed by atoms with Crippen molar-refractivity contribution in [2.75, 3.05) is 48.5 Å². The van der Waals surface area contributed by atoms with E-state index in [1.165, 1.54) is 0 Å². The van der Waals surface area contributed by atoms with Crippen molar-refractivity contribution >= 4 is 0 Å². The van der Waals surface area contributed by atoms with E-state index < -0.39 is 4.65 Å². The van der Waals surface area contributed by atoms with E-state index >= 15 is 0 Å². The number of fused-ring (bicyclic) bond motifs is 2. The molecule has 1 N–H and O–H groups in total. The van der Waals surface area contributed by atoms with Crippen LogP contribution in [0.3, 0.4) is 0 Å². The first-order chi connectivity index (χ1) is 22.2. The van der Waals surface area contributed by atoms with Gasteiger partial charge in [0.25, 0.3) is 0 Å². The number of likely N-dealkylation sites (N-methyl/N-ethyl adjacent to an activating group) is 2. The Kier molecular flexibility index (Phi) is 7.71. The van der Waals surface area contributed by atoms with Gasteiger partial charge in [-0.1, -0.05) is 18.2 Å². The SMILES string of the molecule is COc1ccc2cc1Oc1ccc(cc1)C[C@@H]1c3cc(c(OC)cc3CC[N@@+]1(C)[O-])Oc1c(O)c(OC)cc3c1[C@@H](C2)N(C)CC3. The van der Waals surface area contributed by atoms with E-state index in [1.54, 1.807) is 28.4 Å². The van der Waals surface area contributed by atoms with Gasteiger partial charge in [0.15, 0.2) is 34.5 Å². The summed E-state index contributed by atoms with van der Waals surface area (Å²) in [5.41, 5.74) is 5.99. The Bertz CT molecular complexity index is 1790. The molecule has 8 rings (SSSR count). The minimum absolute atomic E-state index is 0.0741. The highest BCUT2D eigenvalue weighted by molar-refractivity contribution is 5.63. The molecule has 0 amide bonds. The summed E-state index contributed by atoms with van der Waals surface area (Å²) in [7, 11) is 8.62. The van der Waals surface area contributed by atoms with Crippen LogP contribution in [-0.4, -0.2) is 63.2 Å². The van der Waals surface area contributed by atoms with Crippen molar-refractivity contribution in [1.82, 2.24) is 4.90 Å². The molecule has 4 heterocycles. The fraction of sp³-hybridized carbons (Fsp3) is 0.351. The molecule has 240 valence electrons. The second kappa shape index (κ2) is 11.7. The van der Waals surface area contributed by atoms with Crippen molar-refractivity contribution < 1.29 is 33.4 Å². The van der Waals surface area contributed by atoms with E-state index in [0.717, 1.165) is 46.3 Å². The summed E-state index contributed by atoms with van der Waals surface area (Å²) >= 11 is 0. The molecule has 0 aromatic heterocycles. The lowest BCUT2D eigenvalue weighted by Crippen LogP contribution is -2.47. The predicted molar refractivity (Wildman–Crippen MR) is 175 cm³/mol. The molecule has 4 aromatic rings. The van der Waals surface area contributed by atoms with Crippen molar-refractivity contribution in [3.63, 3.8) is 0 Å². The van der Waals surface area contributed by atoms with Gasteiger partial charge in [0.1, 0.15) is 11.8 Å². The van der Waals surface area contributed by atoms with Crippen LogP contribution in [0, 0.1) is 5.21 Å². The van der Waals surface area contributed by atoms with Crippen LogP contribution in [0.25, 0.3) is 0 Å². The van der Waals surface area contributed by atoms with Gasteiger partial charge in [0.05, 0.1) is 34.9 Å². The standard InChI is InChI=1S/C37H40N2O7/c1-38-14-12-25-20-34(44-5)36(40)37-35(25)28(38)16-23-8-11-30(42-3)32(18-23)45-26-9-6-22(7-10-26)17-29-27-21-33(46-37)31(43-4)19-24(27)13-15-39(29,2)41/h6-11,18-21,28-29,40H,12-17H2,1-5H3/t28-,29-,39-/m1/s1. The summed E-state index contributed by atoms with van der Waals surface area (Å²) in [5, 5.41) is 25.6. The minimum atomic E-state index is -0.409. The number of aromatic hydroxyl groups is 1. The van der Waals surface area contributed by atoms with Gasteiger partial charge >= 0.3 is 0 Å². The Morgan fingerprint density at radius 2 is 1.50 bits per heavy atom. The fourth-order valence-electron chi connectivity index (χ4n) is 7.24. The van der Waals surface area contributed by atoms with Gasteiger partial charge in [-0.2, -0.15) is 0 Å². The number of hydroxylamine groups is 3. The maximum atomic E-state index is 14.0. The Morgan fingerprint density at radius 1 is 0.804 bits per heavy atom. The van der Waals surface area contributed by atoms with Crippen molar-refractivity contribution in [2.24, 2.45) is 0 Å². The number of quaternary nitrogens is 1. The number of phenols is 1. The first kappa shape index (κ1) is 30.2. The molecular weight excluding hydrogens is 584 g/mol. The number of methoxy groups -OCH3 is 3. The largest absolute Gasteiger partial charge is 0.633 e. The second-order valence-corrected chi connectivity index (χ2v) is 12.7. The summed E-state index contributed by atoms with van der Waals surface area (Å²) in [6, 6.07) is 19.2. The molecule has 4 aromatic carbocycles. The van der Waals surface area contributed by atoms with Crippen molar-refractivity contribution in [2.45, 2.75) is 37.8 Å². The highest BCUT2D eigenvalue weighted by Gasteiger charge is 2.37. The van der Waals surface area contributed by atoms with Crippen LogP contribution in [0.5, 0.6) is 46.0 Å². The summed E-state index contributed by atoms with van der Waals surface area (Å²) in [4.78, 5) is 2.28. The summed E-state index contributed by atoms with van der Waals surface area (Å²) in [5.74, 6) is 3.53. The first-order valence-corrected chi connectivity index (χ1v) is 15.7. The number of hydrogen-bond donors (Lipinski definition) is 1. The lowest BCUT2D eigenvalue weighted by atomic mass is 9.87. The predicted octanol–water partition coefficient (Wildman–Crippen LogP) is 6.87. The number of benzene rings is 4. The Balaban J connectivity index is 1.47. The third-order valence-corrected chi connectivity index (χ3v) is 9.88. The molecular formula is C37H40N2O7. The quantitative estimate of drug-likeness (QED) is 0.195. The zero-order valence-corrected chi connectivity index (χ0v) is 27.0.